The molecule has 0 aromatic carbocycles. The van der Waals surface area contributed by atoms with E-state index in [1.54, 1.807) is 11.3 Å². The first-order valence-corrected chi connectivity index (χ1v) is 7.36. The molecule has 1 N–H and O–H groups in total. The number of rotatable bonds is 6. The number of aromatic nitrogens is 2. The Balaban J connectivity index is 1.83. The monoisotopic (exact) mass is 313 g/mol. The van der Waals surface area contributed by atoms with Crippen molar-refractivity contribution in [2.45, 2.75) is 33.0 Å². The van der Waals surface area contributed by atoms with E-state index in [1.807, 2.05) is 6.20 Å². The second-order valence-electron chi connectivity index (χ2n) is 3.86. The molecule has 0 saturated carbocycles. The van der Waals surface area contributed by atoms with Crippen LogP contribution in [0, 0.1) is 0 Å². The van der Waals surface area contributed by atoms with Gasteiger partial charge in [0.2, 0.25) is 0 Å². The van der Waals surface area contributed by atoms with E-state index in [0.717, 1.165) is 26.1 Å². The lowest BCUT2D eigenvalue weighted by Crippen LogP contribution is -2.15. The molecule has 0 fully saturated rings. The summed E-state index contributed by atoms with van der Waals surface area (Å²) >= 11 is 5.24. The highest BCUT2D eigenvalue weighted by molar-refractivity contribution is 9.11. The van der Waals surface area contributed by atoms with E-state index in [1.165, 1.54) is 14.4 Å². The fourth-order valence-electron chi connectivity index (χ4n) is 1.68. The maximum Gasteiger partial charge on any atom is 0.0701 e. The van der Waals surface area contributed by atoms with Gasteiger partial charge in [-0.1, -0.05) is 6.92 Å². The first-order valence-electron chi connectivity index (χ1n) is 5.75. The van der Waals surface area contributed by atoms with Gasteiger partial charge in [-0.15, -0.1) is 11.3 Å². The predicted octanol–water partition coefficient (Wildman–Crippen LogP) is 3.41. The van der Waals surface area contributed by atoms with Gasteiger partial charge in [0.1, 0.15) is 0 Å². The molecule has 2 rings (SSSR count). The smallest absolute Gasteiger partial charge is 0.0701 e. The maximum absolute atomic E-state index is 4.31. The van der Waals surface area contributed by atoms with Gasteiger partial charge >= 0.3 is 0 Å². The van der Waals surface area contributed by atoms with Gasteiger partial charge < -0.3 is 5.32 Å². The van der Waals surface area contributed by atoms with E-state index in [4.69, 9.17) is 0 Å². The summed E-state index contributed by atoms with van der Waals surface area (Å²) in [6.45, 7) is 4.94. The molecule has 2 aromatic rings. The summed E-state index contributed by atoms with van der Waals surface area (Å²) in [5, 5.41) is 7.75. The van der Waals surface area contributed by atoms with Crippen LogP contribution in [0.1, 0.15) is 23.9 Å². The standard InChI is InChI=1S/C12H16BrN3S/c1-2-7-16-10(5-6-15-16)8-14-9-11-3-4-12(13)17-11/h3-6,14H,2,7-9H2,1H3. The minimum atomic E-state index is 0.871. The number of hydrogen-bond donors (Lipinski definition) is 1. The van der Waals surface area contributed by atoms with Crippen molar-refractivity contribution < 1.29 is 0 Å². The molecule has 92 valence electrons. The van der Waals surface area contributed by atoms with Crippen LogP contribution in [-0.4, -0.2) is 9.78 Å². The zero-order valence-electron chi connectivity index (χ0n) is 9.82. The van der Waals surface area contributed by atoms with Crippen LogP contribution in [-0.2, 0) is 19.6 Å². The van der Waals surface area contributed by atoms with E-state index < -0.39 is 0 Å². The normalized spacial score (nSPS) is 10.9. The zero-order valence-corrected chi connectivity index (χ0v) is 12.2. The molecular formula is C12H16BrN3S. The molecule has 5 heteroatoms. The molecule has 0 unspecified atom stereocenters. The van der Waals surface area contributed by atoms with Crippen LogP contribution in [0.25, 0.3) is 0 Å². The molecule has 0 amide bonds. The Bertz CT molecular complexity index is 464. The minimum absolute atomic E-state index is 0.871. The molecule has 0 saturated heterocycles. The van der Waals surface area contributed by atoms with E-state index in [2.05, 4.69) is 56.2 Å². The maximum atomic E-state index is 4.31. The summed E-state index contributed by atoms with van der Waals surface area (Å²) < 4.78 is 3.25. The minimum Gasteiger partial charge on any atom is -0.306 e. The fraction of sp³-hybridized carbons (Fsp3) is 0.417. The topological polar surface area (TPSA) is 29.9 Å². The molecule has 2 aromatic heterocycles. The van der Waals surface area contributed by atoms with Crippen LogP contribution < -0.4 is 5.32 Å². The second-order valence-corrected chi connectivity index (χ2v) is 6.40. The third-order valence-corrected chi connectivity index (χ3v) is 4.10. The lowest BCUT2D eigenvalue weighted by Gasteiger charge is -2.06. The van der Waals surface area contributed by atoms with Crippen LogP contribution in [0.5, 0.6) is 0 Å². The number of aryl methyl sites for hydroxylation is 1. The van der Waals surface area contributed by atoms with Gasteiger partial charge in [-0.05, 0) is 40.5 Å². The van der Waals surface area contributed by atoms with Gasteiger partial charge in [0.25, 0.3) is 0 Å². The summed E-state index contributed by atoms with van der Waals surface area (Å²) in [4.78, 5) is 1.35. The summed E-state index contributed by atoms with van der Waals surface area (Å²) in [5.41, 5.74) is 1.25. The lowest BCUT2D eigenvalue weighted by atomic mass is 10.4. The largest absolute Gasteiger partial charge is 0.306 e. The third kappa shape index (κ3) is 3.66. The highest BCUT2D eigenvalue weighted by Gasteiger charge is 2.02. The second kappa shape index (κ2) is 6.33. The Morgan fingerprint density at radius 3 is 2.94 bits per heavy atom. The zero-order chi connectivity index (χ0) is 12.1. The first-order chi connectivity index (χ1) is 8.29. The molecular weight excluding hydrogens is 298 g/mol. The fourth-order valence-corrected chi connectivity index (χ4v) is 3.14. The Hall–Kier alpha value is -0.650. The molecule has 0 aliphatic carbocycles. The molecule has 0 atom stereocenters. The number of halogens is 1. The molecule has 0 spiro atoms. The number of hydrogen-bond acceptors (Lipinski definition) is 3. The Morgan fingerprint density at radius 1 is 1.35 bits per heavy atom. The number of thiophene rings is 1. The van der Waals surface area contributed by atoms with Crippen LogP contribution in [0.4, 0.5) is 0 Å². The Morgan fingerprint density at radius 2 is 2.24 bits per heavy atom. The molecule has 0 aliphatic heterocycles. The Kier molecular flexibility index (Phi) is 4.76. The van der Waals surface area contributed by atoms with Crippen molar-refractivity contribution in [2.75, 3.05) is 0 Å². The molecule has 0 radical (unpaired) electrons. The van der Waals surface area contributed by atoms with E-state index in [-0.39, 0.29) is 0 Å². The van der Waals surface area contributed by atoms with Gasteiger partial charge in [0, 0.05) is 30.7 Å². The van der Waals surface area contributed by atoms with Crippen LogP contribution in [0.3, 0.4) is 0 Å². The summed E-state index contributed by atoms with van der Waals surface area (Å²) in [7, 11) is 0. The molecule has 17 heavy (non-hydrogen) atoms. The van der Waals surface area contributed by atoms with E-state index in [9.17, 15) is 0 Å². The molecule has 3 nitrogen and oxygen atoms in total. The van der Waals surface area contributed by atoms with Gasteiger partial charge in [0.05, 0.1) is 9.48 Å². The van der Waals surface area contributed by atoms with Gasteiger partial charge in [-0.25, -0.2) is 0 Å². The third-order valence-electron chi connectivity index (χ3n) is 2.47. The van der Waals surface area contributed by atoms with Crippen molar-refractivity contribution in [1.82, 2.24) is 15.1 Å². The van der Waals surface area contributed by atoms with Crippen molar-refractivity contribution in [3.05, 3.63) is 38.8 Å². The average Bonchev–Trinajstić information content (AvgIpc) is 2.90. The quantitative estimate of drug-likeness (QED) is 0.885. The van der Waals surface area contributed by atoms with Crippen molar-refractivity contribution >= 4 is 27.3 Å². The first kappa shape index (κ1) is 12.8. The summed E-state index contributed by atoms with van der Waals surface area (Å²) in [6, 6.07) is 6.31. The lowest BCUT2D eigenvalue weighted by molar-refractivity contribution is 0.550. The predicted molar refractivity (Wildman–Crippen MR) is 75.1 cm³/mol. The van der Waals surface area contributed by atoms with Crippen LogP contribution in [0.15, 0.2) is 28.2 Å². The highest BCUT2D eigenvalue weighted by atomic mass is 79.9. The number of nitrogens with zero attached hydrogens (tertiary/aromatic N) is 2. The van der Waals surface area contributed by atoms with Crippen molar-refractivity contribution in [1.29, 1.82) is 0 Å². The van der Waals surface area contributed by atoms with Crippen molar-refractivity contribution in [3.8, 4) is 0 Å². The SMILES string of the molecule is CCCn1nccc1CNCc1ccc(Br)s1. The van der Waals surface area contributed by atoms with Gasteiger partial charge in [0.15, 0.2) is 0 Å². The van der Waals surface area contributed by atoms with Crippen LogP contribution >= 0.6 is 27.3 Å². The van der Waals surface area contributed by atoms with E-state index >= 15 is 0 Å². The van der Waals surface area contributed by atoms with Gasteiger partial charge in [-0.2, -0.15) is 5.10 Å². The van der Waals surface area contributed by atoms with E-state index in [0.29, 0.717) is 0 Å². The molecule has 0 aliphatic rings. The molecule has 2 heterocycles. The highest BCUT2D eigenvalue weighted by Crippen LogP contribution is 2.21. The summed E-state index contributed by atoms with van der Waals surface area (Å²) in [6.07, 6.45) is 2.99. The van der Waals surface area contributed by atoms with Crippen LogP contribution in [0.2, 0.25) is 0 Å². The average molecular weight is 314 g/mol. The summed E-state index contributed by atoms with van der Waals surface area (Å²) in [5.74, 6) is 0. The number of nitrogens with one attached hydrogen (secondary N) is 1. The van der Waals surface area contributed by atoms with Crippen molar-refractivity contribution in [2.24, 2.45) is 0 Å². The molecule has 0 bridgehead atoms. The van der Waals surface area contributed by atoms with Crippen molar-refractivity contribution in [3.63, 3.8) is 0 Å². The van der Waals surface area contributed by atoms with Gasteiger partial charge in [-0.3, -0.25) is 4.68 Å². The Labute approximate surface area is 114 Å².